The lowest BCUT2D eigenvalue weighted by Gasteiger charge is -2.12. The second kappa shape index (κ2) is 5.66. The Morgan fingerprint density at radius 1 is 1.40 bits per heavy atom. The topological polar surface area (TPSA) is 102 Å². The zero-order chi connectivity index (χ0) is 12.1. The number of rotatable bonds is 5. The first-order valence-electron chi connectivity index (χ1n) is 4.23. The highest BCUT2D eigenvalue weighted by molar-refractivity contribution is 7.88. The van der Waals surface area contributed by atoms with Gasteiger partial charge in [-0.15, -0.1) is 0 Å². The number of carbonyl (C=O) groups is 2. The lowest BCUT2D eigenvalue weighted by molar-refractivity contribution is -0.119. The second-order valence-corrected chi connectivity index (χ2v) is 4.20. The van der Waals surface area contributed by atoms with E-state index < -0.39 is 22.3 Å². The number of nitrogens with one attached hydrogen (secondary N) is 2. The van der Waals surface area contributed by atoms with Crippen molar-refractivity contribution in [3.05, 3.63) is 0 Å². The van der Waals surface area contributed by atoms with Gasteiger partial charge in [0.15, 0.2) is 0 Å². The standard InChI is InChI=1S/C7H14N2O5S/c1-4-6(10)5(2)8-15(12,13)9-7(11)14-3/h5,8H,4H2,1-3H3,(H,9,11). The molecule has 0 rings (SSSR count). The van der Waals surface area contributed by atoms with Crippen LogP contribution in [-0.2, 0) is 19.7 Å². The summed E-state index contributed by atoms with van der Waals surface area (Å²) in [6, 6.07) is -0.878. The summed E-state index contributed by atoms with van der Waals surface area (Å²) in [6.07, 6.45) is -0.902. The van der Waals surface area contributed by atoms with Crippen molar-refractivity contribution in [2.45, 2.75) is 26.3 Å². The quantitative estimate of drug-likeness (QED) is 0.675. The van der Waals surface area contributed by atoms with Gasteiger partial charge in [0.25, 0.3) is 0 Å². The van der Waals surface area contributed by atoms with Gasteiger partial charge in [0.1, 0.15) is 5.78 Å². The number of amides is 1. The molecule has 0 aromatic heterocycles. The third-order valence-corrected chi connectivity index (χ3v) is 2.67. The Balaban J connectivity index is 4.39. The van der Waals surface area contributed by atoms with Crippen molar-refractivity contribution in [3.63, 3.8) is 0 Å². The molecule has 0 aromatic rings. The van der Waals surface area contributed by atoms with Crippen LogP contribution in [0.15, 0.2) is 0 Å². The summed E-state index contributed by atoms with van der Waals surface area (Å²) in [6.45, 7) is 3.00. The summed E-state index contributed by atoms with van der Waals surface area (Å²) in [5.41, 5.74) is 0. The number of methoxy groups -OCH3 is 1. The Bertz CT molecular complexity index is 337. The van der Waals surface area contributed by atoms with E-state index >= 15 is 0 Å². The molecular formula is C7H14N2O5S. The minimum absolute atomic E-state index is 0.210. The van der Waals surface area contributed by atoms with Crippen molar-refractivity contribution in [1.82, 2.24) is 9.44 Å². The normalized spacial score (nSPS) is 13.0. The summed E-state index contributed by atoms with van der Waals surface area (Å²) < 4.78 is 30.0. The first-order valence-corrected chi connectivity index (χ1v) is 5.71. The van der Waals surface area contributed by atoms with E-state index in [1.807, 2.05) is 4.72 Å². The van der Waals surface area contributed by atoms with E-state index in [1.54, 1.807) is 11.6 Å². The molecule has 1 atom stereocenters. The highest BCUT2D eigenvalue weighted by Gasteiger charge is 2.20. The van der Waals surface area contributed by atoms with E-state index in [0.29, 0.717) is 0 Å². The maximum absolute atomic E-state index is 11.2. The smallest absolute Gasteiger partial charge is 0.421 e. The van der Waals surface area contributed by atoms with Crippen molar-refractivity contribution in [2.75, 3.05) is 7.11 Å². The number of Topliss-reactive ketones (excluding diaryl/α,β-unsaturated/α-hetero) is 1. The maximum atomic E-state index is 11.2. The van der Waals surface area contributed by atoms with Crippen LogP contribution in [0.3, 0.4) is 0 Å². The van der Waals surface area contributed by atoms with E-state index in [0.717, 1.165) is 7.11 Å². The van der Waals surface area contributed by atoms with Gasteiger partial charge < -0.3 is 4.74 Å². The van der Waals surface area contributed by atoms with Gasteiger partial charge in [-0.3, -0.25) is 4.79 Å². The Kier molecular flexibility index (Phi) is 5.23. The van der Waals surface area contributed by atoms with Crippen molar-refractivity contribution in [3.8, 4) is 0 Å². The molecule has 0 aliphatic rings. The fourth-order valence-corrected chi connectivity index (χ4v) is 1.74. The third-order valence-electron chi connectivity index (χ3n) is 1.57. The van der Waals surface area contributed by atoms with Crippen LogP contribution < -0.4 is 9.44 Å². The molecule has 0 aliphatic heterocycles. The zero-order valence-corrected chi connectivity index (χ0v) is 9.55. The molecule has 15 heavy (non-hydrogen) atoms. The molecule has 88 valence electrons. The van der Waals surface area contributed by atoms with Crippen molar-refractivity contribution >= 4 is 22.1 Å². The Labute approximate surface area is 88.4 Å². The van der Waals surface area contributed by atoms with Gasteiger partial charge in [-0.1, -0.05) is 6.92 Å². The second-order valence-electron chi connectivity index (χ2n) is 2.76. The predicted octanol–water partition coefficient (Wildman–Crippen LogP) is -0.456. The van der Waals surface area contributed by atoms with Gasteiger partial charge in [0.2, 0.25) is 0 Å². The summed E-state index contributed by atoms with van der Waals surface area (Å²) >= 11 is 0. The number of hydrogen-bond donors (Lipinski definition) is 2. The molecule has 0 fully saturated rings. The van der Waals surface area contributed by atoms with Crippen LogP contribution in [0, 0.1) is 0 Å². The molecule has 0 radical (unpaired) electrons. The molecule has 0 aliphatic carbocycles. The highest BCUT2D eigenvalue weighted by atomic mass is 32.2. The van der Waals surface area contributed by atoms with Crippen LogP contribution in [0.25, 0.3) is 0 Å². The largest absolute Gasteiger partial charge is 0.452 e. The number of hydrogen-bond acceptors (Lipinski definition) is 5. The summed E-state index contributed by atoms with van der Waals surface area (Å²) in [5.74, 6) is -0.273. The van der Waals surface area contributed by atoms with E-state index in [-0.39, 0.29) is 12.2 Å². The lowest BCUT2D eigenvalue weighted by Crippen LogP contribution is -2.46. The minimum atomic E-state index is -4.04. The van der Waals surface area contributed by atoms with Gasteiger partial charge in [0, 0.05) is 6.42 Å². The maximum Gasteiger partial charge on any atom is 0.421 e. The number of ketones is 1. The predicted molar refractivity (Wildman–Crippen MR) is 52.4 cm³/mol. The van der Waals surface area contributed by atoms with Crippen LogP contribution >= 0.6 is 0 Å². The molecule has 0 spiro atoms. The Morgan fingerprint density at radius 3 is 2.33 bits per heavy atom. The van der Waals surface area contributed by atoms with Gasteiger partial charge in [-0.25, -0.2) is 9.52 Å². The summed E-state index contributed by atoms with van der Waals surface area (Å²) in [4.78, 5) is 21.7. The van der Waals surface area contributed by atoms with E-state index in [1.165, 1.54) is 6.92 Å². The van der Waals surface area contributed by atoms with Crippen molar-refractivity contribution in [2.24, 2.45) is 0 Å². The molecule has 0 bridgehead atoms. The van der Waals surface area contributed by atoms with Crippen LogP contribution in [0.4, 0.5) is 4.79 Å². The molecule has 8 heteroatoms. The Hall–Kier alpha value is -1.15. The van der Waals surface area contributed by atoms with Gasteiger partial charge in [-0.2, -0.15) is 13.1 Å². The first-order chi connectivity index (χ1) is 6.82. The minimum Gasteiger partial charge on any atom is -0.452 e. The van der Waals surface area contributed by atoms with Gasteiger partial charge >= 0.3 is 16.3 Å². The monoisotopic (exact) mass is 238 g/mol. The Morgan fingerprint density at radius 2 is 1.93 bits per heavy atom. The number of ether oxygens (including phenoxy) is 1. The SMILES string of the molecule is CCC(=O)C(C)NS(=O)(=O)NC(=O)OC. The molecule has 7 nitrogen and oxygen atoms in total. The van der Waals surface area contributed by atoms with Crippen LogP contribution in [0.1, 0.15) is 20.3 Å². The van der Waals surface area contributed by atoms with E-state index in [9.17, 15) is 18.0 Å². The number of carbonyl (C=O) groups excluding carboxylic acids is 2. The molecular weight excluding hydrogens is 224 g/mol. The zero-order valence-electron chi connectivity index (χ0n) is 8.73. The lowest BCUT2D eigenvalue weighted by atomic mass is 10.2. The molecule has 0 saturated carbocycles. The third kappa shape index (κ3) is 5.33. The van der Waals surface area contributed by atoms with Crippen LogP contribution in [0.2, 0.25) is 0 Å². The molecule has 1 amide bonds. The average molecular weight is 238 g/mol. The van der Waals surface area contributed by atoms with Crippen LogP contribution in [0.5, 0.6) is 0 Å². The summed E-state index contributed by atoms with van der Waals surface area (Å²) in [5, 5.41) is 0. The van der Waals surface area contributed by atoms with Crippen LogP contribution in [-0.4, -0.2) is 33.4 Å². The molecule has 0 aromatic carbocycles. The first kappa shape index (κ1) is 13.8. The fourth-order valence-electron chi connectivity index (χ4n) is 0.785. The van der Waals surface area contributed by atoms with E-state index in [4.69, 9.17) is 0 Å². The van der Waals surface area contributed by atoms with Crippen molar-refractivity contribution in [1.29, 1.82) is 0 Å². The molecule has 2 N–H and O–H groups in total. The molecule has 1 unspecified atom stereocenters. The van der Waals surface area contributed by atoms with E-state index in [2.05, 4.69) is 4.74 Å². The molecule has 0 heterocycles. The fraction of sp³-hybridized carbons (Fsp3) is 0.714. The van der Waals surface area contributed by atoms with Gasteiger partial charge in [0.05, 0.1) is 13.2 Å². The van der Waals surface area contributed by atoms with Gasteiger partial charge in [-0.05, 0) is 6.92 Å². The highest BCUT2D eigenvalue weighted by Crippen LogP contribution is 1.92. The average Bonchev–Trinajstić information content (AvgIpc) is 2.14. The molecule has 0 saturated heterocycles. The van der Waals surface area contributed by atoms with Crippen molar-refractivity contribution < 1.29 is 22.7 Å². The summed E-state index contributed by atoms with van der Waals surface area (Å²) in [7, 11) is -3.01.